The van der Waals surface area contributed by atoms with Crippen LogP contribution in [0.15, 0.2) is 0 Å². The summed E-state index contributed by atoms with van der Waals surface area (Å²) >= 11 is 0. The van der Waals surface area contributed by atoms with Crippen molar-refractivity contribution in [3.05, 3.63) is 0 Å². The minimum absolute atomic E-state index is 1.16. The summed E-state index contributed by atoms with van der Waals surface area (Å²) in [4.78, 5) is 0. The second-order valence-corrected chi connectivity index (χ2v) is 15.1. The molecule has 0 bridgehead atoms. The van der Waals surface area contributed by atoms with E-state index < -0.39 is 8.07 Å². The molecule has 0 N–H and O–H groups in total. The van der Waals surface area contributed by atoms with Gasteiger partial charge in [-0.25, -0.2) is 0 Å². The molecule has 0 nitrogen and oxygen atoms in total. The van der Waals surface area contributed by atoms with E-state index in [1.54, 1.807) is 0 Å². The zero-order chi connectivity index (χ0) is 25.7. The lowest BCUT2D eigenvalue weighted by atomic mass is 10.0. The second kappa shape index (κ2) is 27.9. The van der Waals surface area contributed by atoms with Crippen LogP contribution in [0.1, 0.15) is 181 Å². The lowest BCUT2D eigenvalue weighted by Crippen LogP contribution is -2.30. The Morgan fingerprint density at radius 3 is 0.743 bits per heavy atom. The Balaban J connectivity index is 3.58. The van der Waals surface area contributed by atoms with Crippen molar-refractivity contribution in [1.29, 1.82) is 0 Å². The van der Waals surface area contributed by atoms with E-state index in [0.717, 1.165) is 12.1 Å². The third-order valence-corrected chi connectivity index (χ3v) is 11.5. The number of hydrogen-bond acceptors (Lipinski definition) is 0. The number of rotatable bonds is 28. The van der Waals surface area contributed by atoms with Gasteiger partial charge in [0.25, 0.3) is 0 Å². The highest BCUT2D eigenvalue weighted by Gasteiger charge is 2.27. The van der Waals surface area contributed by atoms with E-state index in [1.165, 1.54) is 167 Å². The highest BCUT2D eigenvalue weighted by molar-refractivity contribution is 6.94. The average molecular weight is 501 g/mol. The number of unbranched alkanes of at least 4 members (excludes halogenated alkanes) is 24. The van der Waals surface area contributed by atoms with Crippen LogP contribution in [0.3, 0.4) is 0 Å². The average Bonchev–Trinajstić information content (AvgIpc) is 2.88. The molecule has 0 heterocycles. The molecule has 35 heavy (non-hydrogen) atoms. The fourth-order valence-corrected chi connectivity index (χ4v) is 7.96. The Morgan fingerprint density at radius 2 is 0.543 bits per heavy atom. The van der Waals surface area contributed by atoms with Crippen LogP contribution in [0.25, 0.3) is 0 Å². The topological polar surface area (TPSA) is 0 Å². The van der Waals surface area contributed by atoms with Crippen LogP contribution < -0.4 is 0 Å². The van der Waals surface area contributed by atoms with Gasteiger partial charge in [0.05, 0.1) is 0 Å². The summed E-state index contributed by atoms with van der Waals surface area (Å²) in [5, 5.41) is 0. The molecular formula is C34H64Si. The van der Waals surface area contributed by atoms with Crippen molar-refractivity contribution in [2.75, 3.05) is 0 Å². The molecule has 0 saturated heterocycles. The van der Waals surface area contributed by atoms with Gasteiger partial charge >= 0.3 is 0 Å². The number of hydrogen-bond donors (Lipinski definition) is 0. The SMILES string of the molecule is C#C[Si](C#C)(CCCCCCCCCCCCCCC)CCCCCCCCCCCCCCC. The molecule has 0 rings (SSSR count). The first-order chi connectivity index (χ1) is 17.2. The highest BCUT2D eigenvalue weighted by Crippen LogP contribution is 2.23. The van der Waals surface area contributed by atoms with Gasteiger partial charge in [0.2, 0.25) is 8.07 Å². The van der Waals surface area contributed by atoms with Gasteiger partial charge in [0.1, 0.15) is 0 Å². The second-order valence-electron chi connectivity index (χ2n) is 11.4. The number of terminal acetylenes is 2. The largest absolute Gasteiger partial charge is 0.216 e. The Labute approximate surface area is 224 Å². The maximum atomic E-state index is 5.98. The molecule has 0 fully saturated rings. The van der Waals surface area contributed by atoms with Crippen LogP contribution in [0.4, 0.5) is 0 Å². The van der Waals surface area contributed by atoms with Crippen molar-refractivity contribution >= 4 is 8.07 Å². The zero-order valence-electron chi connectivity index (χ0n) is 24.5. The van der Waals surface area contributed by atoms with Crippen molar-refractivity contribution in [2.24, 2.45) is 0 Å². The van der Waals surface area contributed by atoms with Gasteiger partial charge in [0.15, 0.2) is 0 Å². The van der Waals surface area contributed by atoms with Gasteiger partial charge in [-0.3, -0.25) is 0 Å². The van der Waals surface area contributed by atoms with Crippen molar-refractivity contribution in [1.82, 2.24) is 0 Å². The maximum absolute atomic E-state index is 5.98. The molecule has 0 unspecified atom stereocenters. The molecular weight excluding hydrogens is 436 g/mol. The fourth-order valence-electron chi connectivity index (χ4n) is 5.34. The Kier molecular flexibility index (Phi) is 27.4. The van der Waals surface area contributed by atoms with Crippen LogP contribution >= 0.6 is 0 Å². The van der Waals surface area contributed by atoms with Crippen molar-refractivity contribution in [3.8, 4) is 23.9 Å². The van der Waals surface area contributed by atoms with Crippen molar-refractivity contribution in [2.45, 2.75) is 193 Å². The lowest BCUT2D eigenvalue weighted by molar-refractivity contribution is 0.541. The quantitative estimate of drug-likeness (QED) is 0.0569. The Bertz CT molecular complexity index is 448. The lowest BCUT2D eigenvalue weighted by Gasteiger charge is -2.19. The van der Waals surface area contributed by atoms with E-state index >= 15 is 0 Å². The van der Waals surface area contributed by atoms with Gasteiger partial charge < -0.3 is 0 Å². The van der Waals surface area contributed by atoms with Gasteiger partial charge in [-0.05, 0) is 12.1 Å². The summed E-state index contributed by atoms with van der Waals surface area (Å²) in [6, 6.07) is 2.33. The predicted molar refractivity (Wildman–Crippen MR) is 164 cm³/mol. The van der Waals surface area contributed by atoms with E-state index in [-0.39, 0.29) is 0 Å². The first kappa shape index (κ1) is 34.3. The zero-order valence-corrected chi connectivity index (χ0v) is 25.5. The van der Waals surface area contributed by atoms with Crippen LogP contribution in [0.5, 0.6) is 0 Å². The predicted octanol–water partition coefficient (Wildman–Crippen LogP) is 12.0. The minimum atomic E-state index is -1.89. The molecule has 0 aliphatic rings. The normalized spacial score (nSPS) is 11.4. The Morgan fingerprint density at radius 1 is 0.343 bits per heavy atom. The molecule has 0 aliphatic carbocycles. The molecule has 0 radical (unpaired) electrons. The minimum Gasteiger partial charge on any atom is -0.126 e. The third kappa shape index (κ3) is 23.5. The molecule has 0 spiro atoms. The van der Waals surface area contributed by atoms with Crippen LogP contribution in [0, 0.1) is 23.9 Å². The third-order valence-electron chi connectivity index (χ3n) is 7.97. The highest BCUT2D eigenvalue weighted by atomic mass is 28.3. The van der Waals surface area contributed by atoms with Crippen molar-refractivity contribution < 1.29 is 0 Å². The van der Waals surface area contributed by atoms with E-state index in [9.17, 15) is 0 Å². The van der Waals surface area contributed by atoms with Crippen LogP contribution in [-0.4, -0.2) is 8.07 Å². The smallest absolute Gasteiger partial charge is 0.126 e. The molecule has 204 valence electrons. The van der Waals surface area contributed by atoms with Crippen molar-refractivity contribution in [3.63, 3.8) is 0 Å². The monoisotopic (exact) mass is 500 g/mol. The Hall–Kier alpha value is -0.663. The van der Waals surface area contributed by atoms with Gasteiger partial charge in [-0.2, -0.15) is 0 Å². The van der Waals surface area contributed by atoms with Gasteiger partial charge in [-0.1, -0.05) is 181 Å². The molecule has 0 saturated carbocycles. The maximum Gasteiger partial charge on any atom is 0.216 e. The van der Waals surface area contributed by atoms with Crippen LogP contribution in [0.2, 0.25) is 12.1 Å². The standard InChI is InChI=1S/C34H64Si/c1-5-9-11-13-15-17-19-21-23-25-27-29-31-33-35(7-3,8-4)34-32-30-28-26-24-22-20-18-16-14-12-10-6-2/h3-4H,5-6,9-34H2,1-2H3. The summed E-state index contributed by atoms with van der Waals surface area (Å²) in [5.41, 5.74) is 6.31. The summed E-state index contributed by atoms with van der Waals surface area (Å²) in [5.74, 6) is 0. The summed E-state index contributed by atoms with van der Waals surface area (Å²) in [6.07, 6.45) is 48.4. The molecule has 0 aromatic heterocycles. The summed E-state index contributed by atoms with van der Waals surface area (Å²) in [6.45, 7) is 4.59. The fraction of sp³-hybridized carbons (Fsp3) is 0.882. The van der Waals surface area contributed by atoms with Crippen LogP contribution in [-0.2, 0) is 0 Å². The molecule has 0 atom stereocenters. The molecule has 0 amide bonds. The molecule has 0 aliphatic heterocycles. The first-order valence-electron chi connectivity index (χ1n) is 16.2. The van der Waals surface area contributed by atoms with E-state index in [4.69, 9.17) is 12.8 Å². The van der Waals surface area contributed by atoms with E-state index in [2.05, 4.69) is 24.9 Å². The first-order valence-corrected chi connectivity index (χ1v) is 18.6. The molecule has 1 heteroatoms. The van der Waals surface area contributed by atoms with E-state index in [0.29, 0.717) is 0 Å². The van der Waals surface area contributed by atoms with Gasteiger partial charge in [0, 0.05) is 0 Å². The molecule has 0 aromatic carbocycles. The summed E-state index contributed by atoms with van der Waals surface area (Å²) < 4.78 is 0. The van der Waals surface area contributed by atoms with E-state index in [1.807, 2.05) is 0 Å². The summed E-state index contributed by atoms with van der Waals surface area (Å²) in [7, 11) is -1.89. The molecule has 0 aromatic rings. The van der Waals surface area contributed by atoms with Gasteiger partial charge in [-0.15, -0.1) is 23.9 Å².